The van der Waals surface area contributed by atoms with Gasteiger partial charge in [0.25, 0.3) is 5.69 Å². The number of nitrogens with zero attached hydrogens (tertiary/aromatic N) is 1. The van der Waals surface area contributed by atoms with Gasteiger partial charge in [-0.2, -0.15) is 0 Å². The summed E-state index contributed by atoms with van der Waals surface area (Å²) in [5, 5.41) is 11.5. The minimum Gasteiger partial charge on any atom is -0.482 e. The first-order valence-corrected chi connectivity index (χ1v) is 7.96. The second-order valence-electron chi connectivity index (χ2n) is 5.87. The second kappa shape index (κ2) is 7.28. The lowest BCUT2D eigenvalue weighted by atomic mass is 10.1. The van der Waals surface area contributed by atoms with Crippen LogP contribution in [0, 0.1) is 24.0 Å². The lowest BCUT2D eigenvalue weighted by molar-refractivity contribution is -0.385. The minimum absolute atomic E-state index is 0.0297. The molecule has 138 valence electrons. The third-order valence-corrected chi connectivity index (χ3v) is 3.88. The minimum atomic E-state index is -0.666. The number of rotatable bonds is 5. The number of fused-ring (bicyclic) bond motifs is 1. The quantitative estimate of drug-likeness (QED) is 0.223. The zero-order valence-corrected chi connectivity index (χ0v) is 14.6. The van der Waals surface area contributed by atoms with Crippen molar-refractivity contribution in [3.63, 3.8) is 0 Å². The zero-order valence-electron chi connectivity index (χ0n) is 14.6. The maximum Gasteiger partial charge on any atom is 0.349 e. The molecule has 8 nitrogen and oxygen atoms in total. The Morgan fingerprint density at radius 1 is 1.07 bits per heavy atom. The predicted molar refractivity (Wildman–Crippen MR) is 96.2 cm³/mol. The maximum atomic E-state index is 12.0. The molecule has 0 radical (unpaired) electrons. The van der Waals surface area contributed by atoms with Gasteiger partial charge in [-0.05, 0) is 43.7 Å². The van der Waals surface area contributed by atoms with Gasteiger partial charge in [0.05, 0.1) is 4.92 Å². The maximum absolute atomic E-state index is 12.0. The summed E-state index contributed by atoms with van der Waals surface area (Å²) >= 11 is 0. The Bertz CT molecular complexity index is 1100. The first kappa shape index (κ1) is 18.1. The molecular weight excluding hydrogens is 354 g/mol. The van der Waals surface area contributed by atoms with E-state index in [0.29, 0.717) is 16.9 Å². The van der Waals surface area contributed by atoms with E-state index in [1.54, 1.807) is 26.0 Å². The third-order valence-electron chi connectivity index (χ3n) is 3.88. The van der Waals surface area contributed by atoms with E-state index in [-0.39, 0.29) is 18.0 Å². The molecule has 0 N–H and O–H groups in total. The van der Waals surface area contributed by atoms with Gasteiger partial charge in [0.1, 0.15) is 17.1 Å². The van der Waals surface area contributed by atoms with Crippen LogP contribution < -0.4 is 15.1 Å². The number of hydrogen-bond acceptors (Lipinski definition) is 7. The van der Waals surface area contributed by atoms with Crippen LogP contribution in [0.5, 0.6) is 11.5 Å². The summed E-state index contributed by atoms with van der Waals surface area (Å²) in [6, 6.07) is 10.3. The number of carbonyl (C=O) groups is 1. The molecule has 1 heterocycles. The lowest BCUT2D eigenvalue weighted by Crippen LogP contribution is -2.17. The lowest BCUT2D eigenvalue weighted by Gasteiger charge is -2.08. The Labute approximate surface area is 153 Å². The van der Waals surface area contributed by atoms with Crippen molar-refractivity contribution < 1.29 is 23.6 Å². The van der Waals surface area contributed by atoms with E-state index in [9.17, 15) is 19.7 Å². The normalized spacial score (nSPS) is 10.6. The van der Waals surface area contributed by atoms with Gasteiger partial charge in [0, 0.05) is 29.1 Å². The van der Waals surface area contributed by atoms with Gasteiger partial charge in [-0.25, -0.2) is 9.59 Å². The number of aryl methyl sites for hydroxylation is 2. The Balaban J connectivity index is 1.67. The molecule has 3 aromatic rings. The molecule has 1 aromatic heterocycles. The van der Waals surface area contributed by atoms with Crippen LogP contribution in [0.1, 0.15) is 11.1 Å². The number of carbonyl (C=O) groups excluding carboxylic acids is 1. The number of nitro groups is 1. The van der Waals surface area contributed by atoms with Gasteiger partial charge >= 0.3 is 11.6 Å². The number of esters is 1. The highest BCUT2D eigenvalue weighted by atomic mass is 16.6. The fourth-order valence-corrected chi connectivity index (χ4v) is 2.59. The summed E-state index contributed by atoms with van der Waals surface area (Å²) in [4.78, 5) is 33.7. The van der Waals surface area contributed by atoms with E-state index in [1.807, 2.05) is 0 Å². The number of hydrogen-bond donors (Lipinski definition) is 0. The van der Waals surface area contributed by atoms with Crippen LogP contribution in [0.2, 0.25) is 0 Å². The third kappa shape index (κ3) is 4.12. The fourth-order valence-electron chi connectivity index (χ4n) is 2.59. The summed E-state index contributed by atoms with van der Waals surface area (Å²) in [7, 11) is 0. The highest BCUT2D eigenvalue weighted by Gasteiger charge is 2.13. The van der Waals surface area contributed by atoms with Gasteiger partial charge in [-0.3, -0.25) is 10.1 Å². The predicted octanol–water partition coefficient (Wildman–Crippen LogP) is 3.30. The molecule has 0 saturated heterocycles. The zero-order chi connectivity index (χ0) is 19.6. The molecule has 0 amide bonds. The van der Waals surface area contributed by atoms with Gasteiger partial charge in [0.2, 0.25) is 0 Å². The van der Waals surface area contributed by atoms with Crippen LogP contribution >= 0.6 is 0 Å². The molecule has 27 heavy (non-hydrogen) atoms. The summed E-state index contributed by atoms with van der Waals surface area (Å²) in [5.74, 6) is -0.139. The Morgan fingerprint density at radius 2 is 1.81 bits per heavy atom. The van der Waals surface area contributed by atoms with Crippen molar-refractivity contribution in [1.82, 2.24) is 0 Å². The summed E-state index contributed by atoms with van der Waals surface area (Å²) in [6.45, 7) is 2.98. The second-order valence-corrected chi connectivity index (χ2v) is 5.87. The van der Waals surface area contributed by atoms with Crippen molar-refractivity contribution in [2.45, 2.75) is 13.8 Å². The van der Waals surface area contributed by atoms with Crippen molar-refractivity contribution in [2.75, 3.05) is 6.61 Å². The Hall–Kier alpha value is -3.68. The molecule has 0 bridgehead atoms. The molecule has 2 aromatic carbocycles. The molecule has 0 aliphatic heterocycles. The summed E-state index contributed by atoms with van der Waals surface area (Å²) < 4.78 is 15.6. The number of ether oxygens (including phenoxy) is 2. The Morgan fingerprint density at radius 3 is 2.52 bits per heavy atom. The number of benzene rings is 2. The average molecular weight is 369 g/mol. The van der Waals surface area contributed by atoms with E-state index in [0.717, 1.165) is 10.9 Å². The summed E-state index contributed by atoms with van der Waals surface area (Å²) in [6.07, 6.45) is 0. The van der Waals surface area contributed by atoms with E-state index in [2.05, 4.69) is 0 Å². The molecule has 0 unspecified atom stereocenters. The molecular formula is C19H15NO7. The highest BCUT2D eigenvalue weighted by Crippen LogP contribution is 2.24. The summed E-state index contributed by atoms with van der Waals surface area (Å²) in [5.41, 5.74) is 0.984. The molecule has 3 rings (SSSR count). The van der Waals surface area contributed by atoms with Crippen molar-refractivity contribution in [3.8, 4) is 11.5 Å². The van der Waals surface area contributed by atoms with Crippen LogP contribution in [-0.2, 0) is 4.79 Å². The van der Waals surface area contributed by atoms with Crippen LogP contribution in [-0.4, -0.2) is 17.5 Å². The largest absolute Gasteiger partial charge is 0.482 e. The smallest absolute Gasteiger partial charge is 0.349 e. The van der Waals surface area contributed by atoms with E-state index >= 15 is 0 Å². The first-order chi connectivity index (χ1) is 12.8. The van der Waals surface area contributed by atoms with Crippen molar-refractivity contribution in [3.05, 3.63) is 74.1 Å². The van der Waals surface area contributed by atoms with Crippen LogP contribution in [0.25, 0.3) is 11.0 Å². The molecule has 0 fully saturated rings. The number of nitro benzene ring substituents is 1. The van der Waals surface area contributed by atoms with Gasteiger partial charge in [0.15, 0.2) is 6.61 Å². The molecule has 0 aliphatic rings. The topological polar surface area (TPSA) is 109 Å². The van der Waals surface area contributed by atoms with Crippen molar-refractivity contribution in [1.29, 1.82) is 0 Å². The van der Waals surface area contributed by atoms with Crippen molar-refractivity contribution in [2.24, 2.45) is 0 Å². The monoisotopic (exact) mass is 369 g/mol. The highest BCUT2D eigenvalue weighted by molar-refractivity contribution is 5.82. The Kier molecular flexibility index (Phi) is 4.89. The van der Waals surface area contributed by atoms with Gasteiger partial charge < -0.3 is 13.9 Å². The van der Waals surface area contributed by atoms with Gasteiger partial charge in [-0.1, -0.05) is 0 Å². The molecule has 0 atom stereocenters. The van der Waals surface area contributed by atoms with Crippen LogP contribution in [0.15, 0.2) is 51.7 Å². The molecule has 0 aliphatic carbocycles. The van der Waals surface area contributed by atoms with Crippen LogP contribution in [0.3, 0.4) is 0 Å². The van der Waals surface area contributed by atoms with Crippen molar-refractivity contribution >= 4 is 22.6 Å². The standard InChI is InChI=1S/C19H15NO7/c1-11-8-18(21)27-17-9-14(3-5-15(11)17)26-19(22)10-25-13-4-6-16(20(23)24)12(2)7-13/h3-9H,10H2,1-2H3. The van der Waals surface area contributed by atoms with E-state index in [4.69, 9.17) is 13.9 Å². The molecule has 0 spiro atoms. The molecule has 0 saturated carbocycles. The first-order valence-electron chi connectivity index (χ1n) is 7.96. The van der Waals surface area contributed by atoms with E-state index in [1.165, 1.54) is 30.3 Å². The van der Waals surface area contributed by atoms with E-state index < -0.39 is 16.5 Å². The van der Waals surface area contributed by atoms with Gasteiger partial charge in [-0.15, -0.1) is 0 Å². The van der Waals surface area contributed by atoms with Crippen LogP contribution in [0.4, 0.5) is 5.69 Å². The average Bonchev–Trinajstić information content (AvgIpc) is 2.59. The molecule has 8 heteroatoms. The fraction of sp³-hybridized carbons (Fsp3) is 0.158. The SMILES string of the molecule is Cc1cc(OCC(=O)Oc2ccc3c(C)cc(=O)oc3c2)ccc1[N+](=O)[O-].